The highest BCUT2D eigenvalue weighted by molar-refractivity contribution is 5.70. The average Bonchev–Trinajstić information content (AvgIpc) is 2.65. The largest absolute Gasteiger partial charge is 0.412 e. The van der Waals surface area contributed by atoms with Crippen LogP contribution in [0.5, 0.6) is 5.75 Å². The van der Waals surface area contributed by atoms with Crippen molar-refractivity contribution in [2.24, 2.45) is 0 Å². The van der Waals surface area contributed by atoms with E-state index < -0.39 is 6.09 Å². The molecule has 0 fully saturated rings. The maximum atomic E-state index is 11.4. The minimum atomic E-state index is -0.450. The van der Waals surface area contributed by atoms with Crippen LogP contribution in [0.15, 0.2) is 12.4 Å². The third kappa shape index (κ3) is 3.76. The lowest BCUT2D eigenvalue weighted by Crippen LogP contribution is -2.32. The number of hydrogen-bond donors (Lipinski definition) is 1. The molecule has 1 rings (SSSR count). The lowest BCUT2D eigenvalue weighted by Gasteiger charge is -2.22. The molecule has 5 heteroatoms. The molecule has 0 aliphatic heterocycles. The van der Waals surface area contributed by atoms with Crippen molar-refractivity contribution in [2.75, 3.05) is 0 Å². The van der Waals surface area contributed by atoms with E-state index in [2.05, 4.69) is 31.2 Å². The Balaban J connectivity index is 2.66. The molecule has 1 amide bonds. The third-order valence-corrected chi connectivity index (χ3v) is 2.66. The summed E-state index contributed by atoms with van der Waals surface area (Å²) in [5.41, 5.74) is -0.0733. The van der Waals surface area contributed by atoms with Crippen molar-refractivity contribution >= 4 is 6.09 Å². The van der Waals surface area contributed by atoms with Crippen LogP contribution in [0.2, 0.25) is 0 Å². The molecule has 0 aliphatic rings. The smallest absolute Gasteiger partial charge is 0.407 e. The lowest BCUT2D eigenvalue weighted by molar-refractivity contribution is 0.197. The van der Waals surface area contributed by atoms with E-state index in [4.69, 9.17) is 4.74 Å². The molecule has 1 heterocycles. The first-order chi connectivity index (χ1) is 7.85. The fourth-order valence-corrected chi connectivity index (χ4v) is 1.22. The van der Waals surface area contributed by atoms with Gasteiger partial charge in [0.25, 0.3) is 0 Å². The van der Waals surface area contributed by atoms with E-state index in [1.54, 1.807) is 12.4 Å². The van der Waals surface area contributed by atoms with Gasteiger partial charge in [0.1, 0.15) is 0 Å². The van der Waals surface area contributed by atoms with E-state index in [9.17, 15) is 4.79 Å². The Kier molecular flexibility index (Phi) is 4.15. The van der Waals surface area contributed by atoms with Gasteiger partial charge in [-0.2, -0.15) is 5.10 Å². The highest BCUT2D eigenvalue weighted by Crippen LogP contribution is 2.21. The Labute approximate surface area is 102 Å². The third-order valence-electron chi connectivity index (χ3n) is 2.66. The molecule has 17 heavy (non-hydrogen) atoms. The second-order valence-electron chi connectivity index (χ2n) is 4.98. The molecule has 96 valence electrons. The Morgan fingerprint density at radius 2 is 2.24 bits per heavy atom. The van der Waals surface area contributed by atoms with E-state index in [1.165, 1.54) is 0 Å². The summed E-state index contributed by atoms with van der Waals surface area (Å²) in [6.45, 7) is 10.0. The summed E-state index contributed by atoms with van der Waals surface area (Å²) in [6, 6.07) is 0.0598. The van der Waals surface area contributed by atoms with Gasteiger partial charge in [0.05, 0.1) is 17.9 Å². The van der Waals surface area contributed by atoms with E-state index in [0.29, 0.717) is 5.75 Å². The molecule has 0 saturated carbocycles. The summed E-state index contributed by atoms with van der Waals surface area (Å²) in [4.78, 5) is 11.4. The van der Waals surface area contributed by atoms with Crippen molar-refractivity contribution < 1.29 is 9.53 Å². The van der Waals surface area contributed by atoms with Gasteiger partial charge in [-0.15, -0.1) is 0 Å². The van der Waals surface area contributed by atoms with E-state index in [-0.39, 0.29) is 11.6 Å². The molecule has 0 unspecified atom stereocenters. The molecule has 0 aliphatic carbocycles. The van der Waals surface area contributed by atoms with Crippen LogP contribution in [0.3, 0.4) is 0 Å². The number of ether oxygens (including phenoxy) is 1. The zero-order valence-electron chi connectivity index (χ0n) is 11.2. The van der Waals surface area contributed by atoms with Gasteiger partial charge in [-0.05, 0) is 34.1 Å². The molecular weight excluding hydrogens is 218 g/mol. The summed E-state index contributed by atoms with van der Waals surface area (Å²) in [5.74, 6) is 0.463. The first kappa shape index (κ1) is 13.5. The maximum Gasteiger partial charge on any atom is 0.412 e. The van der Waals surface area contributed by atoms with Gasteiger partial charge in [0.2, 0.25) is 0 Å². The second-order valence-corrected chi connectivity index (χ2v) is 4.98. The van der Waals surface area contributed by atoms with Crippen molar-refractivity contribution in [1.29, 1.82) is 0 Å². The SMILES string of the molecule is CCC(C)(C)n1cc(OC(=O)NC(C)C)cn1. The van der Waals surface area contributed by atoms with Crippen molar-refractivity contribution in [3.05, 3.63) is 12.4 Å². The van der Waals surface area contributed by atoms with Gasteiger partial charge in [-0.25, -0.2) is 4.79 Å². The summed E-state index contributed by atoms with van der Waals surface area (Å²) >= 11 is 0. The number of nitrogens with zero attached hydrogens (tertiary/aromatic N) is 2. The summed E-state index contributed by atoms with van der Waals surface area (Å²) in [6.07, 6.45) is 3.79. The van der Waals surface area contributed by atoms with Crippen molar-refractivity contribution in [3.63, 3.8) is 0 Å². The minimum Gasteiger partial charge on any atom is -0.407 e. The first-order valence-electron chi connectivity index (χ1n) is 5.88. The lowest BCUT2D eigenvalue weighted by atomic mass is 10.0. The first-order valence-corrected chi connectivity index (χ1v) is 5.88. The summed E-state index contributed by atoms with van der Waals surface area (Å²) < 4.78 is 6.92. The van der Waals surface area contributed by atoms with Crippen molar-refractivity contribution in [1.82, 2.24) is 15.1 Å². The van der Waals surface area contributed by atoms with Crippen LogP contribution in [0, 0.1) is 0 Å². The zero-order valence-corrected chi connectivity index (χ0v) is 11.2. The molecule has 1 aromatic heterocycles. The fraction of sp³-hybridized carbons (Fsp3) is 0.667. The van der Waals surface area contributed by atoms with Crippen LogP contribution in [-0.2, 0) is 5.54 Å². The minimum absolute atomic E-state index is 0.0598. The quantitative estimate of drug-likeness (QED) is 0.878. The zero-order chi connectivity index (χ0) is 13.1. The number of rotatable bonds is 4. The van der Waals surface area contributed by atoms with E-state index >= 15 is 0 Å². The Bertz CT molecular complexity index is 383. The second kappa shape index (κ2) is 5.21. The molecule has 0 atom stereocenters. The molecule has 1 aromatic rings. The molecule has 0 radical (unpaired) electrons. The molecule has 5 nitrogen and oxygen atoms in total. The van der Waals surface area contributed by atoms with E-state index in [1.807, 2.05) is 18.5 Å². The predicted octanol–water partition coefficient (Wildman–Crippen LogP) is 2.53. The van der Waals surface area contributed by atoms with Gasteiger partial charge >= 0.3 is 6.09 Å². The number of amides is 1. The highest BCUT2D eigenvalue weighted by Gasteiger charge is 2.19. The highest BCUT2D eigenvalue weighted by atomic mass is 16.6. The normalized spacial score (nSPS) is 11.6. The van der Waals surface area contributed by atoms with Crippen LogP contribution >= 0.6 is 0 Å². The number of nitrogens with one attached hydrogen (secondary N) is 1. The monoisotopic (exact) mass is 239 g/mol. The summed E-state index contributed by atoms with van der Waals surface area (Å²) in [7, 11) is 0. The topological polar surface area (TPSA) is 56.1 Å². The fourth-order valence-electron chi connectivity index (χ4n) is 1.22. The molecule has 0 bridgehead atoms. The standard InChI is InChI=1S/C12H21N3O2/c1-6-12(4,5)15-8-10(7-13-15)17-11(16)14-9(2)3/h7-9H,6H2,1-5H3,(H,14,16). The van der Waals surface area contributed by atoms with Gasteiger partial charge in [-0.3, -0.25) is 4.68 Å². The van der Waals surface area contributed by atoms with Crippen LogP contribution < -0.4 is 10.1 Å². The van der Waals surface area contributed by atoms with Gasteiger partial charge in [0, 0.05) is 6.04 Å². The molecular formula is C12H21N3O2. The van der Waals surface area contributed by atoms with E-state index in [0.717, 1.165) is 6.42 Å². The number of aromatic nitrogens is 2. The average molecular weight is 239 g/mol. The molecule has 0 saturated heterocycles. The van der Waals surface area contributed by atoms with Crippen LogP contribution in [0.1, 0.15) is 41.0 Å². The molecule has 0 aromatic carbocycles. The van der Waals surface area contributed by atoms with Crippen molar-refractivity contribution in [3.8, 4) is 5.75 Å². The maximum absolute atomic E-state index is 11.4. The Morgan fingerprint density at radius 3 is 2.76 bits per heavy atom. The van der Waals surface area contributed by atoms with Gasteiger partial charge in [-0.1, -0.05) is 6.92 Å². The van der Waals surface area contributed by atoms with Crippen LogP contribution in [0.4, 0.5) is 4.79 Å². The van der Waals surface area contributed by atoms with Gasteiger partial charge in [0.15, 0.2) is 5.75 Å². The van der Waals surface area contributed by atoms with Gasteiger partial charge < -0.3 is 10.1 Å². The van der Waals surface area contributed by atoms with Crippen LogP contribution in [0.25, 0.3) is 0 Å². The number of carbonyl (C=O) groups excluding carboxylic acids is 1. The van der Waals surface area contributed by atoms with Crippen molar-refractivity contribution in [2.45, 2.75) is 52.6 Å². The summed E-state index contributed by atoms with van der Waals surface area (Å²) in [5, 5.41) is 6.86. The Hall–Kier alpha value is -1.52. The number of hydrogen-bond acceptors (Lipinski definition) is 3. The molecule has 1 N–H and O–H groups in total. The number of carbonyl (C=O) groups is 1. The van der Waals surface area contributed by atoms with Crippen LogP contribution in [-0.4, -0.2) is 21.9 Å². The Morgan fingerprint density at radius 1 is 1.59 bits per heavy atom. The molecule has 0 spiro atoms. The predicted molar refractivity (Wildman–Crippen MR) is 66.1 cm³/mol.